The van der Waals surface area contributed by atoms with Gasteiger partial charge >= 0.3 is 0 Å². The van der Waals surface area contributed by atoms with Crippen LogP contribution in [0, 0.1) is 0 Å². The Hall–Kier alpha value is -4.60. The molecule has 1 aliphatic rings. The van der Waals surface area contributed by atoms with Crippen molar-refractivity contribution < 1.29 is 38.0 Å². The summed E-state index contributed by atoms with van der Waals surface area (Å²) in [7, 11) is 9.05. The molecule has 0 radical (unpaired) electrons. The summed E-state index contributed by atoms with van der Waals surface area (Å²) in [6.07, 6.45) is 1.39. The fourth-order valence-electron chi connectivity index (χ4n) is 5.40. The molecule has 224 valence electrons. The first kappa shape index (κ1) is 30.4. The first-order valence-electron chi connectivity index (χ1n) is 13.6. The highest BCUT2D eigenvalue weighted by atomic mass is 16.5. The highest BCUT2D eigenvalue weighted by Crippen LogP contribution is 2.42. The van der Waals surface area contributed by atoms with Crippen LogP contribution in [0.25, 0.3) is 0 Å². The molecule has 1 atom stereocenters. The van der Waals surface area contributed by atoms with E-state index in [9.17, 15) is 9.59 Å². The van der Waals surface area contributed by atoms with Crippen molar-refractivity contribution in [3.8, 4) is 34.5 Å². The number of rotatable bonds is 11. The molecule has 1 unspecified atom stereocenters. The van der Waals surface area contributed by atoms with Gasteiger partial charge in [0.05, 0.1) is 59.8 Å². The van der Waals surface area contributed by atoms with Crippen LogP contribution in [0.5, 0.6) is 34.5 Å². The molecule has 42 heavy (non-hydrogen) atoms. The Kier molecular flexibility index (Phi) is 10.0. The Labute approximate surface area is 246 Å². The van der Waals surface area contributed by atoms with Crippen molar-refractivity contribution in [2.45, 2.75) is 18.9 Å². The normalized spacial score (nSPS) is 14.7. The largest absolute Gasteiger partial charge is 0.493 e. The minimum atomic E-state index is -0.264. The summed E-state index contributed by atoms with van der Waals surface area (Å²) in [6.45, 7) is 1.00. The molecule has 3 aromatic rings. The molecule has 0 spiro atoms. The number of piperazine rings is 1. The molecule has 10 heteroatoms. The van der Waals surface area contributed by atoms with Crippen LogP contribution < -0.4 is 28.4 Å². The van der Waals surface area contributed by atoms with Gasteiger partial charge in [0.2, 0.25) is 11.5 Å². The molecule has 0 N–H and O–H groups in total. The predicted octanol–water partition coefficient (Wildman–Crippen LogP) is 4.34. The first-order valence-corrected chi connectivity index (χ1v) is 13.6. The summed E-state index contributed by atoms with van der Waals surface area (Å²) in [4.78, 5) is 31.5. The van der Waals surface area contributed by atoms with E-state index in [-0.39, 0.29) is 17.9 Å². The number of amides is 2. The second kappa shape index (κ2) is 13.8. The lowest BCUT2D eigenvalue weighted by Gasteiger charge is -2.42. The van der Waals surface area contributed by atoms with Gasteiger partial charge in [-0.1, -0.05) is 30.3 Å². The summed E-state index contributed by atoms with van der Waals surface area (Å²) < 4.78 is 33.0. The number of carbonyl (C=O) groups is 2. The lowest BCUT2D eigenvalue weighted by atomic mass is 9.99. The van der Waals surface area contributed by atoms with Gasteiger partial charge in [-0.05, 0) is 42.7 Å². The maximum atomic E-state index is 14.1. The maximum Gasteiger partial charge on any atom is 0.258 e. The van der Waals surface area contributed by atoms with E-state index in [4.69, 9.17) is 28.4 Å². The average Bonchev–Trinajstić information content (AvgIpc) is 3.05. The number of carbonyl (C=O) groups excluding carboxylic acids is 2. The maximum absolute atomic E-state index is 14.1. The third kappa shape index (κ3) is 6.02. The van der Waals surface area contributed by atoms with Crippen LogP contribution in [0.15, 0.2) is 54.6 Å². The van der Waals surface area contributed by atoms with E-state index < -0.39 is 0 Å². The van der Waals surface area contributed by atoms with Crippen LogP contribution in [-0.2, 0) is 6.42 Å². The van der Waals surface area contributed by atoms with Gasteiger partial charge in [-0.3, -0.25) is 9.59 Å². The summed E-state index contributed by atoms with van der Waals surface area (Å²) in [5, 5.41) is 0. The fourth-order valence-corrected chi connectivity index (χ4v) is 5.40. The van der Waals surface area contributed by atoms with E-state index in [1.165, 1.54) is 42.7 Å². The Balaban J connectivity index is 1.66. The molecule has 0 aliphatic carbocycles. The fraction of sp³-hybridized carbons (Fsp3) is 0.375. The van der Waals surface area contributed by atoms with Crippen molar-refractivity contribution in [3.63, 3.8) is 0 Å². The molecule has 1 saturated heterocycles. The third-order valence-electron chi connectivity index (χ3n) is 7.51. The van der Waals surface area contributed by atoms with Gasteiger partial charge in [-0.25, -0.2) is 0 Å². The molecule has 1 heterocycles. The number of hydrogen-bond acceptors (Lipinski definition) is 8. The number of benzene rings is 3. The molecular formula is C32H38N2O8. The van der Waals surface area contributed by atoms with Gasteiger partial charge in [0.15, 0.2) is 23.0 Å². The number of ether oxygens (including phenoxy) is 6. The van der Waals surface area contributed by atoms with Crippen molar-refractivity contribution in [3.05, 3.63) is 71.3 Å². The topological polar surface area (TPSA) is 96.0 Å². The van der Waals surface area contributed by atoms with Crippen molar-refractivity contribution in [2.24, 2.45) is 0 Å². The molecule has 0 saturated carbocycles. The van der Waals surface area contributed by atoms with Crippen LogP contribution in [0.3, 0.4) is 0 Å². The second-order valence-corrected chi connectivity index (χ2v) is 9.69. The van der Waals surface area contributed by atoms with Crippen LogP contribution >= 0.6 is 0 Å². The Bertz CT molecular complexity index is 1400. The van der Waals surface area contributed by atoms with E-state index in [1.807, 2.05) is 23.1 Å². The standard InChI is InChI=1S/C32H38N2O8/c1-37-25-16-14-23(27(39-3)29(25)41-5)31(35)33-18-19-34(22(20-33)13-12-21-10-8-7-9-11-21)32(36)24-15-17-26(38-2)30(42-6)28(24)40-4/h7-11,14-17,22H,12-13,18-20H2,1-6H3. The first-order chi connectivity index (χ1) is 20.4. The number of nitrogens with zero attached hydrogens (tertiary/aromatic N) is 2. The van der Waals surface area contributed by atoms with Crippen LogP contribution in [0.2, 0.25) is 0 Å². The molecule has 10 nitrogen and oxygen atoms in total. The van der Waals surface area contributed by atoms with E-state index >= 15 is 0 Å². The third-order valence-corrected chi connectivity index (χ3v) is 7.51. The van der Waals surface area contributed by atoms with Gasteiger partial charge in [0.1, 0.15) is 0 Å². The smallest absolute Gasteiger partial charge is 0.258 e. The minimum Gasteiger partial charge on any atom is -0.493 e. The summed E-state index contributed by atoms with van der Waals surface area (Å²) >= 11 is 0. The molecular weight excluding hydrogens is 540 g/mol. The zero-order valence-corrected chi connectivity index (χ0v) is 25.0. The number of hydrogen-bond donors (Lipinski definition) is 0. The molecule has 1 aliphatic heterocycles. The Morgan fingerprint density at radius 3 is 1.67 bits per heavy atom. The highest BCUT2D eigenvalue weighted by molar-refractivity contribution is 6.00. The van der Waals surface area contributed by atoms with Crippen LogP contribution in [0.4, 0.5) is 0 Å². The Morgan fingerprint density at radius 2 is 1.17 bits per heavy atom. The molecule has 3 aromatic carbocycles. The van der Waals surface area contributed by atoms with Crippen molar-refractivity contribution in [1.82, 2.24) is 9.80 Å². The van der Waals surface area contributed by atoms with Crippen LogP contribution in [-0.4, -0.2) is 89.9 Å². The summed E-state index contributed by atoms with van der Waals surface area (Å²) in [6, 6.07) is 16.5. The number of aryl methyl sites for hydroxylation is 1. The molecule has 1 fully saturated rings. The minimum absolute atomic E-state index is 0.207. The van der Waals surface area contributed by atoms with E-state index in [0.29, 0.717) is 71.7 Å². The highest BCUT2D eigenvalue weighted by Gasteiger charge is 2.36. The molecule has 0 bridgehead atoms. The van der Waals surface area contributed by atoms with E-state index in [0.717, 1.165) is 12.0 Å². The zero-order chi connectivity index (χ0) is 30.2. The summed E-state index contributed by atoms with van der Waals surface area (Å²) in [5.41, 5.74) is 1.87. The average molecular weight is 579 g/mol. The zero-order valence-electron chi connectivity index (χ0n) is 25.0. The Morgan fingerprint density at radius 1 is 0.643 bits per heavy atom. The molecule has 4 rings (SSSR count). The van der Waals surface area contributed by atoms with E-state index in [2.05, 4.69) is 12.1 Å². The van der Waals surface area contributed by atoms with E-state index in [1.54, 1.807) is 29.2 Å². The van der Waals surface area contributed by atoms with Gasteiger partial charge in [-0.15, -0.1) is 0 Å². The van der Waals surface area contributed by atoms with Crippen molar-refractivity contribution in [2.75, 3.05) is 62.3 Å². The van der Waals surface area contributed by atoms with Crippen molar-refractivity contribution >= 4 is 11.8 Å². The predicted molar refractivity (Wildman–Crippen MR) is 158 cm³/mol. The van der Waals surface area contributed by atoms with Gasteiger partial charge in [0.25, 0.3) is 11.8 Å². The lowest BCUT2D eigenvalue weighted by Crippen LogP contribution is -2.56. The van der Waals surface area contributed by atoms with Crippen molar-refractivity contribution in [1.29, 1.82) is 0 Å². The van der Waals surface area contributed by atoms with Gasteiger partial charge in [-0.2, -0.15) is 0 Å². The second-order valence-electron chi connectivity index (χ2n) is 9.69. The van der Waals surface area contributed by atoms with Crippen LogP contribution in [0.1, 0.15) is 32.7 Å². The monoisotopic (exact) mass is 578 g/mol. The molecule has 0 aromatic heterocycles. The van der Waals surface area contributed by atoms with Gasteiger partial charge in [0, 0.05) is 19.6 Å². The number of methoxy groups -OCH3 is 6. The summed E-state index contributed by atoms with van der Waals surface area (Å²) in [5.74, 6) is 1.81. The quantitative estimate of drug-likeness (QED) is 0.332. The lowest BCUT2D eigenvalue weighted by molar-refractivity contribution is 0.0368. The SMILES string of the molecule is COc1ccc(C(=O)N2CCN(C(=O)c3ccc(OC)c(OC)c3OC)C(CCc3ccccc3)C2)c(OC)c1OC. The molecule has 2 amide bonds. The van der Waals surface area contributed by atoms with Gasteiger partial charge < -0.3 is 38.2 Å².